The molecule has 0 aliphatic rings. The maximum absolute atomic E-state index is 11.6. The van der Waals surface area contributed by atoms with E-state index in [4.69, 9.17) is 23.2 Å². The molecule has 16 heavy (non-hydrogen) atoms. The molecule has 0 aromatic carbocycles. The van der Waals surface area contributed by atoms with E-state index in [1.54, 1.807) is 0 Å². The minimum atomic E-state index is -4.73. The number of aromatic nitrogens is 2. The van der Waals surface area contributed by atoms with Gasteiger partial charge < -0.3 is 0 Å². The largest absolute Gasteiger partial charge is 0.522 e. The second kappa shape index (κ2) is 5.03. The van der Waals surface area contributed by atoms with Crippen molar-refractivity contribution in [2.45, 2.75) is 12.9 Å². The molecule has 0 unspecified atom stereocenters. The molecule has 0 N–H and O–H groups in total. The zero-order chi connectivity index (χ0) is 12.3. The number of rotatable bonds is 3. The molecule has 90 valence electrons. The van der Waals surface area contributed by atoms with E-state index in [0.717, 1.165) is 10.9 Å². The van der Waals surface area contributed by atoms with Gasteiger partial charge in [-0.3, -0.25) is 14.1 Å². The van der Waals surface area contributed by atoms with Gasteiger partial charge in [-0.2, -0.15) is 0 Å². The maximum atomic E-state index is 11.6. The van der Waals surface area contributed by atoms with Gasteiger partial charge in [-0.25, -0.2) is 4.98 Å². The molecule has 1 rings (SSSR count). The van der Waals surface area contributed by atoms with Gasteiger partial charge >= 0.3 is 6.36 Å². The lowest BCUT2D eigenvalue weighted by Crippen LogP contribution is -2.25. The van der Waals surface area contributed by atoms with Crippen molar-refractivity contribution in [3.63, 3.8) is 0 Å². The minimum absolute atomic E-state index is 0.195. The van der Waals surface area contributed by atoms with Crippen LogP contribution in [0.2, 0.25) is 10.2 Å². The Morgan fingerprint density at radius 1 is 1.44 bits per heavy atom. The fraction of sp³-hybridized carbons (Fsp3) is 0.429. The van der Waals surface area contributed by atoms with Crippen LogP contribution in [0.25, 0.3) is 0 Å². The molecular formula is C7H5Cl2F3N2O2. The van der Waals surface area contributed by atoms with Gasteiger partial charge in [-0.05, 0) is 0 Å². The van der Waals surface area contributed by atoms with E-state index in [9.17, 15) is 18.0 Å². The number of halogens is 5. The van der Waals surface area contributed by atoms with E-state index < -0.39 is 18.5 Å². The van der Waals surface area contributed by atoms with E-state index in [-0.39, 0.29) is 16.7 Å². The Morgan fingerprint density at radius 3 is 2.62 bits per heavy atom. The first-order valence-corrected chi connectivity index (χ1v) is 4.68. The first kappa shape index (κ1) is 13.3. The fourth-order valence-electron chi connectivity index (χ4n) is 0.863. The number of nitrogens with zero attached hydrogens (tertiary/aromatic N) is 2. The Morgan fingerprint density at radius 2 is 2.06 bits per heavy atom. The van der Waals surface area contributed by atoms with Crippen molar-refractivity contribution in [1.82, 2.24) is 9.55 Å². The van der Waals surface area contributed by atoms with Gasteiger partial charge in [0.15, 0.2) is 5.15 Å². The second-order valence-electron chi connectivity index (χ2n) is 2.64. The van der Waals surface area contributed by atoms with Crippen LogP contribution in [0, 0.1) is 0 Å². The highest BCUT2D eigenvalue weighted by atomic mass is 35.5. The number of hydrogen-bond donors (Lipinski definition) is 0. The van der Waals surface area contributed by atoms with E-state index in [1.807, 2.05) is 0 Å². The molecule has 4 nitrogen and oxygen atoms in total. The standard InChI is InChI=1S/C7H5Cl2F3N2O2/c8-4-5(9)13-3-14(6(4)15)1-2-16-7(10,11)12/h3H,1-2H2. The third-order valence-corrected chi connectivity index (χ3v) is 2.26. The molecule has 0 bridgehead atoms. The summed E-state index contributed by atoms with van der Waals surface area (Å²) in [6.45, 7) is -1.02. The van der Waals surface area contributed by atoms with E-state index in [2.05, 4.69) is 9.72 Å². The number of alkyl halides is 3. The summed E-state index contributed by atoms with van der Waals surface area (Å²) < 4.78 is 39.3. The lowest BCUT2D eigenvalue weighted by Gasteiger charge is -2.08. The Kier molecular flexibility index (Phi) is 4.17. The average molecular weight is 277 g/mol. The molecule has 0 radical (unpaired) electrons. The van der Waals surface area contributed by atoms with E-state index >= 15 is 0 Å². The zero-order valence-corrected chi connectivity index (χ0v) is 9.10. The SMILES string of the molecule is O=c1c(Cl)c(Cl)ncn1CCOC(F)(F)F. The van der Waals surface area contributed by atoms with Gasteiger partial charge in [0.25, 0.3) is 5.56 Å². The van der Waals surface area contributed by atoms with Crippen molar-refractivity contribution < 1.29 is 17.9 Å². The maximum Gasteiger partial charge on any atom is 0.522 e. The predicted molar refractivity (Wildman–Crippen MR) is 50.5 cm³/mol. The summed E-state index contributed by atoms with van der Waals surface area (Å²) in [4.78, 5) is 14.8. The molecule has 0 aliphatic carbocycles. The Labute approximate surface area is 97.6 Å². The molecule has 0 amide bonds. The van der Waals surface area contributed by atoms with Crippen molar-refractivity contribution in [3.8, 4) is 0 Å². The summed E-state index contributed by atoms with van der Waals surface area (Å²) in [5.74, 6) is 0. The summed E-state index contributed by atoms with van der Waals surface area (Å²) in [6, 6.07) is 0. The Bertz CT molecular complexity index is 433. The highest BCUT2D eigenvalue weighted by Crippen LogP contribution is 2.16. The topological polar surface area (TPSA) is 44.1 Å². The molecule has 0 saturated heterocycles. The van der Waals surface area contributed by atoms with Gasteiger partial charge in [-0.1, -0.05) is 23.2 Å². The van der Waals surface area contributed by atoms with Crippen LogP contribution in [-0.2, 0) is 11.3 Å². The summed E-state index contributed by atoms with van der Waals surface area (Å²) >= 11 is 10.9. The molecular weight excluding hydrogens is 272 g/mol. The van der Waals surface area contributed by atoms with E-state index in [0.29, 0.717) is 0 Å². The van der Waals surface area contributed by atoms with Crippen LogP contribution < -0.4 is 5.56 Å². The van der Waals surface area contributed by atoms with Crippen molar-refractivity contribution in [2.24, 2.45) is 0 Å². The van der Waals surface area contributed by atoms with Gasteiger partial charge in [0.1, 0.15) is 5.02 Å². The normalized spacial score (nSPS) is 11.8. The van der Waals surface area contributed by atoms with Crippen LogP contribution in [0.15, 0.2) is 11.1 Å². The lowest BCUT2D eigenvalue weighted by atomic mass is 10.6. The second-order valence-corrected chi connectivity index (χ2v) is 3.38. The Hall–Kier alpha value is -0.790. The van der Waals surface area contributed by atoms with Gasteiger partial charge in [0.2, 0.25) is 0 Å². The van der Waals surface area contributed by atoms with Gasteiger partial charge in [0.05, 0.1) is 19.5 Å². The van der Waals surface area contributed by atoms with Crippen LogP contribution in [0.1, 0.15) is 0 Å². The van der Waals surface area contributed by atoms with Gasteiger partial charge in [-0.15, -0.1) is 13.2 Å². The highest BCUT2D eigenvalue weighted by Gasteiger charge is 2.28. The quantitative estimate of drug-likeness (QED) is 0.794. The van der Waals surface area contributed by atoms with Crippen LogP contribution in [0.5, 0.6) is 0 Å². The molecule has 9 heteroatoms. The van der Waals surface area contributed by atoms with Crippen molar-refractivity contribution in [3.05, 3.63) is 26.9 Å². The van der Waals surface area contributed by atoms with Crippen LogP contribution in [0.3, 0.4) is 0 Å². The number of ether oxygens (including phenoxy) is 1. The molecule has 1 aromatic heterocycles. The molecule has 0 aliphatic heterocycles. The zero-order valence-electron chi connectivity index (χ0n) is 7.59. The van der Waals surface area contributed by atoms with Crippen LogP contribution in [0.4, 0.5) is 13.2 Å². The first-order chi connectivity index (χ1) is 7.31. The van der Waals surface area contributed by atoms with Crippen molar-refractivity contribution >= 4 is 23.2 Å². The molecule has 0 fully saturated rings. The third-order valence-electron chi connectivity index (χ3n) is 1.54. The summed E-state index contributed by atoms with van der Waals surface area (Å²) in [5, 5.41) is -0.532. The molecule has 0 atom stereocenters. The van der Waals surface area contributed by atoms with Crippen molar-refractivity contribution in [2.75, 3.05) is 6.61 Å². The van der Waals surface area contributed by atoms with Gasteiger partial charge in [0, 0.05) is 0 Å². The summed E-state index contributed by atoms with van der Waals surface area (Å²) in [6.07, 6.45) is -3.73. The molecule has 0 saturated carbocycles. The monoisotopic (exact) mass is 276 g/mol. The number of hydrogen-bond acceptors (Lipinski definition) is 3. The molecule has 1 heterocycles. The van der Waals surface area contributed by atoms with E-state index in [1.165, 1.54) is 0 Å². The lowest BCUT2D eigenvalue weighted by molar-refractivity contribution is -0.325. The van der Waals surface area contributed by atoms with Crippen molar-refractivity contribution in [1.29, 1.82) is 0 Å². The Balaban J connectivity index is 2.69. The van der Waals surface area contributed by atoms with Crippen LogP contribution in [-0.4, -0.2) is 22.5 Å². The predicted octanol–water partition coefficient (Wildman–Crippen LogP) is 2.09. The molecule has 1 aromatic rings. The first-order valence-electron chi connectivity index (χ1n) is 3.92. The smallest absolute Gasteiger partial charge is 0.296 e. The summed E-state index contributed by atoms with van der Waals surface area (Å²) in [5.41, 5.74) is -0.715. The average Bonchev–Trinajstić information content (AvgIpc) is 2.16. The summed E-state index contributed by atoms with van der Waals surface area (Å²) in [7, 11) is 0. The molecule has 0 spiro atoms. The highest BCUT2D eigenvalue weighted by molar-refractivity contribution is 6.40. The minimum Gasteiger partial charge on any atom is -0.296 e. The van der Waals surface area contributed by atoms with Crippen LogP contribution >= 0.6 is 23.2 Å². The third kappa shape index (κ3) is 3.66. The fourth-order valence-corrected chi connectivity index (χ4v) is 1.14.